The van der Waals surface area contributed by atoms with Crippen LogP contribution in [0.1, 0.15) is 27.7 Å². The van der Waals surface area contributed by atoms with Gasteiger partial charge in [0.1, 0.15) is 6.04 Å². The monoisotopic (exact) mass is 460 g/mol. The van der Waals surface area contributed by atoms with Gasteiger partial charge in [-0.3, -0.25) is 14.4 Å². The summed E-state index contributed by atoms with van der Waals surface area (Å²) in [7, 11) is 0. The zero-order chi connectivity index (χ0) is 23.7. The Kier molecular flexibility index (Phi) is 4.15. The summed E-state index contributed by atoms with van der Waals surface area (Å²) in [6.07, 6.45) is 5.23. The minimum absolute atomic E-state index is 0.186. The number of ketones is 1. The molecule has 1 aromatic heterocycles. The predicted octanol–water partition coefficient (Wildman–Crippen LogP) is 4.83. The molecule has 7 rings (SSSR count). The number of nitrogens with zero attached hydrogens (tertiary/aromatic N) is 2. The number of fused-ring (bicyclic) bond motifs is 6. The van der Waals surface area contributed by atoms with Crippen molar-refractivity contribution in [1.82, 2.24) is 4.90 Å². The van der Waals surface area contributed by atoms with Crippen molar-refractivity contribution in [3.8, 4) is 0 Å². The smallest absolute Gasteiger partial charge is 0.240 e. The highest BCUT2D eigenvalue weighted by atomic mass is 16.3. The molecule has 3 aromatic carbocycles. The summed E-state index contributed by atoms with van der Waals surface area (Å²) in [4.78, 5) is 44.7. The Hall–Kier alpha value is -4.45. The second-order valence-corrected chi connectivity index (χ2v) is 9.22. The third-order valence-corrected chi connectivity index (χ3v) is 7.49. The lowest BCUT2D eigenvalue weighted by Crippen LogP contribution is -2.44. The second kappa shape index (κ2) is 7.27. The highest BCUT2D eigenvalue weighted by molar-refractivity contribution is 6.25. The Morgan fingerprint density at radius 3 is 2.40 bits per heavy atom. The van der Waals surface area contributed by atoms with Gasteiger partial charge in [-0.1, -0.05) is 54.6 Å². The standard InChI is InChI=1S/C29H20N2O4/c32-27(22-10-5-15-35-22)26-24-23(25-21-9-4-3-7-18(21)13-14-30(25)26)28(33)31(29(24)34)20-12-11-17-6-1-2-8-19(17)16-20/h1-16,23-26H/t23-,24-,25-,26+/m1/s1. The molecule has 0 spiro atoms. The van der Waals surface area contributed by atoms with E-state index in [1.807, 2.05) is 77.8 Å². The van der Waals surface area contributed by atoms with Gasteiger partial charge in [0.05, 0.1) is 29.8 Å². The quantitative estimate of drug-likeness (QED) is 0.324. The molecule has 0 N–H and O–H groups in total. The van der Waals surface area contributed by atoms with Crippen molar-refractivity contribution in [2.24, 2.45) is 11.8 Å². The fourth-order valence-corrected chi connectivity index (χ4v) is 5.99. The fraction of sp³-hybridized carbons (Fsp3) is 0.138. The number of furan rings is 1. The molecule has 0 aliphatic carbocycles. The Bertz CT molecular complexity index is 1550. The first-order valence-corrected chi connectivity index (χ1v) is 11.6. The van der Waals surface area contributed by atoms with E-state index in [1.54, 1.807) is 18.2 Å². The van der Waals surface area contributed by atoms with Gasteiger partial charge in [-0.2, -0.15) is 0 Å². The molecular weight excluding hydrogens is 440 g/mol. The van der Waals surface area contributed by atoms with Gasteiger partial charge in [-0.05, 0) is 52.2 Å². The third kappa shape index (κ3) is 2.74. The van der Waals surface area contributed by atoms with E-state index in [2.05, 4.69) is 0 Å². The van der Waals surface area contributed by atoms with Gasteiger partial charge in [-0.25, -0.2) is 4.90 Å². The van der Waals surface area contributed by atoms with Gasteiger partial charge in [0, 0.05) is 6.20 Å². The Morgan fingerprint density at radius 1 is 0.800 bits per heavy atom. The van der Waals surface area contributed by atoms with E-state index in [0.717, 1.165) is 21.9 Å². The molecule has 0 bridgehead atoms. The maximum atomic E-state index is 14.0. The molecule has 35 heavy (non-hydrogen) atoms. The Morgan fingerprint density at radius 2 is 1.57 bits per heavy atom. The molecule has 2 fully saturated rings. The van der Waals surface area contributed by atoms with Crippen LogP contribution in [0.2, 0.25) is 0 Å². The summed E-state index contributed by atoms with van der Waals surface area (Å²) < 4.78 is 5.42. The number of Topliss-reactive ketones (excluding diaryl/α,β-unsaturated/α-hetero) is 1. The lowest BCUT2D eigenvalue weighted by atomic mass is 9.84. The van der Waals surface area contributed by atoms with Crippen molar-refractivity contribution in [2.75, 3.05) is 4.90 Å². The largest absolute Gasteiger partial charge is 0.461 e. The van der Waals surface area contributed by atoms with Crippen molar-refractivity contribution in [3.05, 3.63) is 108 Å². The molecule has 2 amide bonds. The molecule has 0 saturated carbocycles. The Balaban J connectivity index is 1.38. The van der Waals surface area contributed by atoms with E-state index in [0.29, 0.717) is 5.69 Å². The molecule has 0 unspecified atom stereocenters. The predicted molar refractivity (Wildman–Crippen MR) is 130 cm³/mol. The molecule has 0 radical (unpaired) electrons. The summed E-state index contributed by atoms with van der Waals surface area (Å²) in [5.41, 5.74) is 2.47. The van der Waals surface area contributed by atoms with E-state index in [9.17, 15) is 14.4 Å². The van der Waals surface area contributed by atoms with Crippen LogP contribution in [0.3, 0.4) is 0 Å². The van der Waals surface area contributed by atoms with E-state index >= 15 is 0 Å². The number of hydrogen-bond donors (Lipinski definition) is 0. The molecule has 4 atom stereocenters. The van der Waals surface area contributed by atoms with Gasteiger partial charge in [0.2, 0.25) is 17.6 Å². The fourth-order valence-electron chi connectivity index (χ4n) is 5.99. The van der Waals surface area contributed by atoms with E-state index < -0.39 is 23.9 Å². The average molecular weight is 460 g/mol. The Labute approximate surface area is 201 Å². The zero-order valence-corrected chi connectivity index (χ0v) is 18.6. The molecular formula is C29H20N2O4. The number of carbonyl (C=O) groups is 3. The topological polar surface area (TPSA) is 70.8 Å². The van der Waals surface area contributed by atoms with Crippen molar-refractivity contribution >= 4 is 40.1 Å². The first kappa shape index (κ1) is 20.0. The highest BCUT2D eigenvalue weighted by Crippen LogP contribution is 2.53. The second-order valence-electron chi connectivity index (χ2n) is 9.22. The number of benzene rings is 3. The van der Waals surface area contributed by atoms with Gasteiger partial charge < -0.3 is 9.32 Å². The van der Waals surface area contributed by atoms with Crippen LogP contribution >= 0.6 is 0 Å². The van der Waals surface area contributed by atoms with Crippen LogP contribution < -0.4 is 4.90 Å². The molecule has 6 nitrogen and oxygen atoms in total. The van der Waals surface area contributed by atoms with Crippen LogP contribution in [-0.4, -0.2) is 28.5 Å². The minimum atomic E-state index is -0.831. The zero-order valence-electron chi connectivity index (χ0n) is 18.6. The van der Waals surface area contributed by atoms with Crippen molar-refractivity contribution in [1.29, 1.82) is 0 Å². The number of rotatable bonds is 3. The van der Waals surface area contributed by atoms with E-state index in [-0.39, 0.29) is 23.4 Å². The van der Waals surface area contributed by atoms with Gasteiger partial charge in [0.15, 0.2) is 5.76 Å². The number of amides is 2. The number of carbonyl (C=O) groups excluding carboxylic acids is 3. The molecule has 4 aromatic rings. The van der Waals surface area contributed by atoms with E-state index in [1.165, 1.54) is 11.2 Å². The van der Waals surface area contributed by atoms with E-state index in [4.69, 9.17) is 4.42 Å². The van der Waals surface area contributed by atoms with Crippen molar-refractivity contribution in [2.45, 2.75) is 12.1 Å². The normalized spacial score (nSPS) is 24.6. The summed E-state index contributed by atoms with van der Waals surface area (Å²) in [6.45, 7) is 0. The molecule has 3 aliphatic heterocycles. The van der Waals surface area contributed by atoms with Crippen LogP contribution in [0.5, 0.6) is 0 Å². The summed E-state index contributed by atoms with van der Waals surface area (Å²) in [5, 5.41) is 1.97. The lowest BCUT2D eigenvalue weighted by Gasteiger charge is -2.35. The molecule has 2 saturated heterocycles. The maximum absolute atomic E-state index is 14.0. The van der Waals surface area contributed by atoms with Crippen molar-refractivity contribution < 1.29 is 18.8 Å². The van der Waals surface area contributed by atoms with Crippen LogP contribution in [0, 0.1) is 11.8 Å². The summed E-state index contributed by atoms with van der Waals surface area (Å²) in [5.74, 6) is -2.22. The van der Waals surface area contributed by atoms with Crippen LogP contribution in [0.4, 0.5) is 5.69 Å². The van der Waals surface area contributed by atoms with Crippen LogP contribution in [-0.2, 0) is 9.59 Å². The first-order valence-electron chi connectivity index (χ1n) is 11.6. The van der Waals surface area contributed by atoms with Crippen molar-refractivity contribution in [3.63, 3.8) is 0 Å². The third-order valence-electron chi connectivity index (χ3n) is 7.49. The van der Waals surface area contributed by atoms with Crippen LogP contribution in [0.15, 0.2) is 95.7 Å². The molecule has 6 heteroatoms. The number of hydrogen-bond acceptors (Lipinski definition) is 5. The maximum Gasteiger partial charge on any atom is 0.240 e. The van der Waals surface area contributed by atoms with Gasteiger partial charge in [0.25, 0.3) is 0 Å². The summed E-state index contributed by atoms with van der Waals surface area (Å²) >= 11 is 0. The van der Waals surface area contributed by atoms with Gasteiger partial charge >= 0.3 is 0 Å². The summed E-state index contributed by atoms with van der Waals surface area (Å²) in [6, 6.07) is 23.3. The first-order chi connectivity index (χ1) is 17.1. The van der Waals surface area contributed by atoms with Crippen LogP contribution in [0.25, 0.3) is 16.8 Å². The molecule has 170 valence electrons. The lowest BCUT2D eigenvalue weighted by molar-refractivity contribution is -0.123. The molecule has 4 heterocycles. The average Bonchev–Trinajstić information content (AvgIpc) is 3.60. The number of anilines is 1. The molecule has 3 aliphatic rings. The highest BCUT2D eigenvalue weighted by Gasteiger charge is 2.64. The van der Waals surface area contributed by atoms with Gasteiger partial charge in [-0.15, -0.1) is 0 Å². The SMILES string of the molecule is O=C(c1ccco1)[C@@H]1[C@@H]2C(=O)N(c3ccc4ccccc4c3)C(=O)[C@H]2[C@H]2c3ccccc3C=CN12. The number of imide groups is 1. The minimum Gasteiger partial charge on any atom is -0.461 e.